The number of amides is 1. The van der Waals surface area contributed by atoms with Crippen LogP contribution in [-0.4, -0.2) is 30.4 Å². The summed E-state index contributed by atoms with van der Waals surface area (Å²) in [5, 5.41) is 10.5. The lowest BCUT2D eigenvalue weighted by atomic mass is 10.1. The largest absolute Gasteiger partial charge is 0.351 e. The molecule has 2 aromatic carbocycles. The SMILES string of the molecule is Cc1ccc(CNC(=O)c2nc(-c3nn(-c4ccccc4)c(=O)n(C)c3=O)no2)cc1. The van der Waals surface area contributed by atoms with E-state index in [-0.39, 0.29) is 24.0 Å². The second kappa shape index (κ2) is 8.19. The Bertz CT molecular complexity index is 1350. The molecule has 0 radical (unpaired) electrons. The van der Waals surface area contributed by atoms with E-state index in [2.05, 4.69) is 20.6 Å². The topological polar surface area (TPSA) is 125 Å². The van der Waals surface area contributed by atoms with E-state index in [1.165, 1.54) is 7.05 Å². The van der Waals surface area contributed by atoms with Crippen LogP contribution in [0, 0.1) is 6.92 Å². The minimum Gasteiger partial charge on any atom is -0.344 e. The van der Waals surface area contributed by atoms with Crippen LogP contribution in [0.15, 0.2) is 68.7 Å². The first-order valence-electron chi connectivity index (χ1n) is 9.37. The number of aromatic nitrogens is 5. The van der Waals surface area contributed by atoms with E-state index >= 15 is 0 Å². The summed E-state index contributed by atoms with van der Waals surface area (Å²) >= 11 is 0. The van der Waals surface area contributed by atoms with E-state index < -0.39 is 17.2 Å². The normalized spacial score (nSPS) is 10.8. The number of hydrogen-bond donors (Lipinski definition) is 1. The summed E-state index contributed by atoms with van der Waals surface area (Å²) in [6.07, 6.45) is 0. The van der Waals surface area contributed by atoms with Crippen LogP contribution in [0.4, 0.5) is 0 Å². The van der Waals surface area contributed by atoms with Gasteiger partial charge in [0.2, 0.25) is 5.82 Å². The number of nitrogens with zero attached hydrogens (tertiary/aromatic N) is 5. The van der Waals surface area contributed by atoms with Gasteiger partial charge in [-0.25, -0.2) is 4.79 Å². The lowest BCUT2D eigenvalue weighted by molar-refractivity contribution is 0.0907. The van der Waals surface area contributed by atoms with Crippen LogP contribution in [0.25, 0.3) is 17.2 Å². The first kappa shape index (κ1) is 20.0. The Morgan fingerprint density at radius 2 is 1.77 bits per heavy atom. The molecule has 2 aromatic heterocycles. The number of para-hydroxylation sites is 1. The lowest BCUT2D eigenvalue weighted by Gasteiger charge is -2.07. The molecule has 1 N–H and O–H groups in total. The Morgan fingerprint density at radius 1 is 1.06 bits per heavy atom. The molecular weight excluding hydrogens is 400 g/mol. The lowest BCUT2D eigenvalue weighted by Crippen LogP contribution is -2.40. The van der Waals surface area contributed by atoms with Crippen molar-refractivity contribution in [2.75, 3.05) is 0 Å². The molecule has 0 atom stereocenters. The van der Waals surface area contributed by atoms with Gasteiger partial charge in [0.25, 0.3) is 5.56 Å². The number of nitrogens with one attached hydrogen (secondary N) is 1. The van der Waals surface area contributed by atoms with Gasteiger partial charge in [0.05, 0.1) is 5.69 Å². The molecule has 0 bridgehead atoms. The highest BCUT2D eigenvalue weighted by Crippen LogP contribution is 2.10. The highest BCUT2D eigenvalue weighted by molar-refractivity contribution is 5.89. The van der Waals surface area contributed by atoms with Crippen molar-refractivity contribution in [3.63, 3.8) is 0 Å². The quantitative estimate of drug-likeness (QED) is 0.517. The summed E-state index contributed by atoms with van der Waals surface area (Å²) in [7, 11) is 1.32. The van der Waals surface area contributed by atoms with Crippen molar-refractivity contribution in [1.29, 1.82) is 0 Å². The molecule has 31 heavy (non-hydrogen) atoms. The molecule has 2 heterocycles. The highest BCUT2D eigenvalue weighted by Gasteiger charge is 2.21. The van der Waals surface area contributed by atoms with Gasteiger partial charge in [0.1, 0.15) is 0 Å². The first-order chi connectivity index (χ1) is 14.9. The fourth-order valence-electron chi connectivity index (χ4n) is 2.83. The number of benzene rings is 2. The number of rotatable bonds is 5. The summed E-state index contributed by atoms with van der Waals surface area (Å²) in [5.41, 5.74) is 0.937. The Balaban J connectivity index is 1.62. The van der Waals surface area contributed by atoms with E-state index in [9.17, 15) is 14.4 Å². The summed E-state index contributed by atoms with van der Waals surface area (Å²) in [6.45, 7) is 2.25. The third-order valence-corrected chi connectivity index (χ3v) is 4.58. The number of hydrogen-bond acceptors (Lipinski definition) is 7. The van der Waals surface area contributed by atoms with Crippen molar-refractivity contribution in [3.05, 3.63) is 92.5 Å². The standard InChI is InChI=1S/C21H18N6O4/c1-13-8-10-14(11-9-13)12-22-18(28)19-23-17(25-31-19)16-20(29)26(2)21(30)27(24-16)15-6-4-3-5-7-15/h3-11H,12H2,1-2H3,(H,22,28). The number of aryl methyl sites for hydroxylation is 1. The minimum absolute atomic E-state index is 0.189. The van der Waals surface area contributed by atoms with Crippen molar-refractivity contribution in [2.45, 2.75) is 13.5 Å². The van der Waals surface area contributed by atoms with Gasteiger partial charge in [-0.3, -0.25) is 14.2 Å². The minimum atomic E-state index is -0.704. The molecule has 0 aliphatic rings. The molecule has 0 aliphatic heterocycles. The predicted octanol–water partition coefficient (Wildman–Crippen LogP) is 1.22. The van der Waals surface area contributed by atoms with Gasteiger partial charge < -0.3 is 9.84 Å². The first-order valence-corrected chi connectivity index (χ1v) is 9.37. The van der Waals surface area contributed by atoms with Gasteiger partial charge >= 0.3 is 17.5 Å². The Labute approximate surface area is 175 Å². The van der Waals surface area contributed by atoms with Crippen LogP contribution >= 0.6 is 0 Å². The Hall–Kier alpha value is -4.34. The van der Waals surface area contributed by atoms with Gasteiger partial charge in [-0.2, -0.15) is 14.8 Å². The average Bonchev–Trinajstić information content (AvgIpc) is 3.28. The van der Waals surface area contributed by atoms with Gasteiger partial charge in [-0.1, -0.05) is 53.2 Å². The van der Waals surface area contributed by atoms with Crippen LogP contribution in [0.1, 0.15) is 21.8 Å². The zero-order valence-electron chi connectivity index (χ0n) is 16.8. The average molecular weight is 418 g/mol. The third-order valence-electron chi connectivity index (χ3n) is 4.58. The molecule has 0 spiro atoms. The van der Waals surface area contributed by atoms with E-state index in [1.807, 2.05) is 31.2 Å². The van der Waals surface area contributed by atoms with Crippen LogP contribution < -0.4 is 16.6 Å². The molecule has 0 saturated carbocycles. The number of carbonyl (C=O) groups excluding carboxylic acids is 1. The van der Waals surface area contributed by atoms with Gasteiger partial charge in [-0.15, -0.1) is 0 Å². The Morgan fingerprint density at radius 3 is 2.48 bits per heavy atom. The molecule has 0 aliphatic carbocycles. The fourth-order valence-corrected chi connectivity index (χ4v) is 2.83. The van der Waals surface area contributed by atoms with Crippen molar-refractivity contribution < 1.29 is 9.32 Å². The maximum absolute atomic E-state index is 12.6. The number of carbonyl (C=O) groups is 1. The molecule has 10 heteroatoms. The monoisotopic (exact) mass is 418 g/mol. The van der Waals surface area contributed by atoms with Crippen LogP contribution in [-0.2, 0) is 13.6 Å². The molecule has 1 amide bonds. The summed E-state index contributed by atoms with van der Waals surface area (Å²) in [5.74, 6) is -1.10. The molecule has 0 unspecified atom stereocenters. The van der Waals surface area contributed by atoms with Crippen molar-refractivity contribution >= 4 is 5.91 Å². The van der Waals surface area contributed by atoms with Gasteiger partial charge in [0, 0.05) is 13.6 Å². The van der Waals surface area contributed by atoms with E-state index in [1.54, 1.807) is 30.3 Å². The molecule has 4 rings (SSSR count). The van der Waals surface area contributed by atoms with Crippen molar-refractivity contribution in [3.8, 4) is 17.2 Å². The van der Waals surface area contributed by atoms with Crippen molar-refractivity contribution in [1.82, 2.24) is 29.8 Å². The van der Waals surface area contributed by atoms with E-state index in [0.29, 0.717) is 5.69 Å². The van der Waals surface area contributed by atoms with E-state index in [0.717, 1.165) is 20.4 Å². The molecule has 156 valence electrons. The smallest absolute Gasteiger partial charge is 0.344 e. The maximum atomic E-state index is 12.6. The van der Waals surface area contributed by atoms with Gasteiger partial charge in [-0.05, 0) is 24.6 Å². The summed E-state index contributed by atoms with van der Waals surface area (Å²) in [6, 6.07) is 16.3. The van der Waals surface area contributed by atoms with Crippen LogP contribution in [0.2, 0.25) is 0 Å². The third kappa shape index (κ3) is 4.04. The summed E-state index contributed by atoms with van der Waals surface area (Å²) in [4.78, 5) is 41.4. The predicted molar refractivity (Wildman–Crippen MR) is 111 cm³/mol. The molecule has 0 saturated heterocycles. The molecule has 4 aromatic rings. The summed E-state index contributed by atoms with van der Waals surface area (Å²) < 4.78 is 6.96. The molecule has 0 fully saturated rings. The zero-order valence-corrected chi connectivity index (χ0v) is 16.8. The van der Waals surface area contributed by atoms with E-state index in [4.69, 9.17) is 4.52 Å². The Kier molecular flexibility index (Phi) is 5.27. The molecule has 10 nitrogen and oxygen atoms in total. The molecular formula is C21H18N6O4. The van der Waals surface area contributed by atoms with Crippen molar-refractivity contribution in [2.24, 2.45) is 7.05 Å². The van der Waals surface area contributed by atoms with Crippen LogP contribution in [0.5, 0.6) is 0 Å². The maximum Gasteiger partial charge on any atom is 0.351 e. The van der Waals surface area contributed by atoms with Crippen LogP contribution in [0.3, 0.4) is 0 Å². The van der Waals surface area contributed by atoms with Gasteiger partial charge in [0.15, 0.2) is 5.69 Å². The highest BCUT2D eigenvalue weighted by atomic mass is 16.5. The second-order valence-corrected chi connectivity index (χ2v) is 6.83. The second-order valence-electron chi connectivity index (χ2n) is 6.83. The fraction of sp³-hybridized carbons (Fsp3) is 0.143. The zero-order chi connectivity index (χ0) is 22.0.